The Bertz CT molecular complexity index is 1130. The summed E-state index contributed by atoms with van der Waals surface area (Å²) in [6.45, 7) is 6.21. The fourth-order valence-electron chi connectivity index (χ4n) is 3.62. The molecule has 0 unspecified atom stereocenters. The number of hydrogen-bond acceptors (Lipinski definition) is 2. The molecule has 0 amide bonds. The fourth-order valence-corrected chi connectivity index (χ4v) is 3.62. The molecule has 0 aliphatic carbocycles. The molecule has 0 spiro atoms. The first-order valence-electron chi connectivity index (χ1n) is 9.63. The predicted octanol–water partition coefficient (Wildman–Crippen LogP) is 6.33. The Morgan fingerprint density at radius 3 is 2.25 bits per heavy atom. The maximum atomic E-state index is 4.75. The Labute approximate surface area is 167 Å². The van der Waals surface area contributed by atoms with E-state index in [1.807, 2.05) is 13.1 Å². The van der Waals surface area contributed by atoms with Gasteiger partial charge >= 0.3 is 0 Å². The maximum Gasteiger partial charge on any atom is 0.0708 e. The molecule has 0 N–H and O–H groups in total. The molecule has 4 aromatic rings. The van der Waals surface area contributed by atoms with E-state index in [2.05, 4.69) is 91.6 Å². The zero-order valence-corrected chi connectivity index (χ0v) is 16.6. The lowest BCUT2D eigenvalue weighted by Crippen LogP contribution is -1.95. The van der Waals surface area contributed by atoms with E-state index in [0.29, 0.717) is 0 Å². The SMILES string of the molecule is Cc1cccc(-c2cc(Cc3cccc(-c4ccnc(C)c4)c3)cc(C)n2)c1. The molecule has 2 heteroatoms. The second-order valence-corrected chi connectivity index (χ2v) is 7.43. The topological polar surface area (TPSA) is 25.8 Å². The highest BCUT2D eigenvalue weighted by Gasteiger charge is 2.06. The van der Waals surface area contributed by atoms with Gasteiger partial charge in [-0.15, -0.1) is 0 Å². The van der Waals surface area contributed by atoms with E-state index in [0.717, 1.165) is 23.5 Å². The van der Waals surface area contributed by atoms with E-state index in [9.17, 15) is 0 Å². The summed E-state index contributed by atoms with van der Waals surface area (Å²) in [6.07, 6.45) is 2.76. The Balaban J connectivity index is 1.65. The lowest BCUT2D eigenvalue weighted by Gasteiger charge is -2.10. The number of rotatable bonds is 4. The third kappa shape index (κ3) is 4.17. The van der Waals surface area contributed by atoms with Crippen molar-refractivity contribution in [3.63, 3.8) is 0 Å². The van der Waals surface area contributed by atoms with Gasteiger partial charge < -0.3 is 0 Å². The van der Waals surface area contributed by atoms with Crippen LogP contribution in [0.4, 0.5) is 0 Å². The number of aryl methyl sites for hydroxylation is 3. The van der Waals surface area contributed by atoms with Gasteiger partial charge in [0.2, 0.25) is 0 Å². The molecule has 0 fully saturated rings. The van der Waals surface area contributed by atoms with Crippen molar-refractivity contribution in [1.82, 2.24) is 9.97 Å². The van der Waals surface area contributed by atoms with Crippen molar-refractivity contribution in [3.8, 4) is 22.4 Å². The van der Waals surface area contributed by atoms with Gasteiger partial charge in [0.15, 0.2) is 0 Å². The predicted molar refractivity (Wildman–Crippen MR) is 116 cm³/mol. The van der Waals surface area contributed by atoms with Gasteiger partial charge in [-0.3, -0.25) is 9.97 Å². The summed E-state index contributed by atoms with van der Waals surface area (Å²) in [7, 11) is 0. The Hall–Kier alpha value is -3.26. The first-order valence-corrected chi connectivity index (χ1v) is 9.63. The summed E-state index contributed by atoms with van der Waals surface area (Å²) in [5, 5.41) is 0. The number of benzene rings is 2. The van der Waals surface area contributed by atoms with Crippen LogP contribution in [0.15, 0.2) is 79.0 Å². The van der Waals surface area contributed by atoms with E-state index < -0.39 is 0 Å². The third-order valence-corrected chi connectivity index (χ3v) is 4.89. The molecular formula is C26H24N2. The van der Waals surface area contributed by atoms with Crippen LogP contribution in [0.2, 0.25) is 0 Å². The smallest absolute Gasteiger partial charge is 0.0708 e. The average molecular weight is 364 g/mol. The molecule has 0 radical (unpaired) electrons. The van der Waals surface area contributed by atoms with Gasteiger partial charge in [0, 0.05) is 23.1 Å². The van der Waals surface area contributed by atoms with Crippen LogP contribution in [0.5, 0.6) is 0 Å². The van der Waals surface area contributed by atoms with Crippen molar-refractivity contribution < 1.29 is 0 Å². The molecule has 28 heavy (non-hydrogen) atoms. The Morgan fingerprint density at radius 2 is 1.43 bits per heavy atom. The van der Waals surface area contributed by atoms with Crippen molar-refractivity contribution in [2.75, 3.05) is 0 Å². The van der Waals surface area contributed by atoms with Gasteiger partial charge in [0.25, 0.3) is 0 Å². The van der Waals surface area contributed by atoms with Crippen molar-refractivity contribution in [1.29, 1.82) is 0 Å². The van der Waals surface area contributed by atoms with Crippen molar-refractivity contribution in [2.24, 2.45) is 0 Å². The first kappa shape index (κ1) is 18.1. The number of pyridine rings is 2. The minimum Gasteiger partial charge on any atom is -0.262 e. The van der Waals surface area contributed by atoms with E-state index >= 15 is 0 Å². The maximum absolute atomic E-state index is 4.75. The monoisotopic (exact) mass is 364 g/mol. The molecule has 2 aromatic carbocycles. The lowest BCUT2D eigenvalue weighted by molar-refractivity contribution is 1.12. The van der Waals surface area contributed by atoms with E-state index in [1.165, 1.54) is 33.4 Å². The van der Waals surface area contributed by atoms with Gasteiger partial charge in [0.1, 0.15) is 0 Å². The number of nitrogens with zero attached hydrogens (tertiary/aromatic N) is 2. The van der Waals surface area contributed by atoms with Crippen LogP contribution in [-0.4, -0.2) is 9.97 Å². The van der Waals surface area contributed by atoms with Gasteiger partial charge in [-0.25, -0.2) is 0 Å². The lowest BCUT2D eigenvalue weighted by atomic mass is 9.98. The molecule has 0 aliphatic heterocycles. The quantitative estimate of drug-likeness (QED) is 0.423. The number of aromatic nitrogens is 2. The zero-order valence-electron chi connectivity index (χ0n) is 16.6. The summed E-state index contributed by atoms with van der Waals surface area (Å²) < 4.78 is 0. The van der Waals surface area contributed by atoms with Crippen LogP contribution in [0, 0.1) is 20.8 Å². The second-order valence-electron chi connectivity index (χ2n) is 7.43. The second kappa shape index (κ2) is 7.77. The number of hydrogen-bond donors (Lipinski definition) is 0. The molecule has 2 nitrogen and oxygen atoms in total. The highest BCUT2D eigenvalue weighted by molar-refractivity contribution is 5.65. The molecule has 0 aliphatic rings. The molecule has 0 atom stereocenters. The van der Waals surface area contributed by atoms with E-state index in [4.69, 9.17) is 4.98 Å². The highest BCUT2D eigenvalue weighted by Crippen LogP contribution is 2.24. The van der Waals surface area contributed by atoms with Crippen LogP contribution in [0.3, 0.4) is 0 Å². The summed E-state index contributed by atoms with van der Waals surface area (Å²) >= 11 is 0. The summed E-state index contributed by atoms with van der Waals surface area (Å²) in [5.74, 6) is 0. The average Bonchev–Trinajstić information content (AvgIpc) is 2.68. The van der Waals surface area contributed by atoms with Crippen molar-refractivity contribution in [3.05, 3.63) is 107 Å². The van der Waals surface area contributed by atoms with Crippen LogP contribution >= 0.6 is 0 Å². The standard InChI is InChI=1S/C26H24N2/c1-18-6-4-9-25(12-18)26-17-22(13-20(3)28-26)15-21-7-5-8-23(16-21)24-10-11-27-19(2)14-24/h4-14,16-17H,15H2,1-3H3. The summed E-state index contributed by atoms with van der Waals surface area (Å²) in [6, 6.07) is 25.9. The van der Waals surface area contributed by atoms with Gasteiger partial charge in [-0.05, 0) is 79.8 Å². The minimum absolute atomic E-state index is 0.889. The molecule has 0 saturated heterocycles. The van der Waals surface area contributed by atoms with Crippen LogP contribution < -0.4 is 0 Å². The summed E-state index contributed by atoms with van der Waals surface area (Å²) in [4.78, 5) is 9.06. The molecular weight excluding hydrogens is 340 g/mol. The highest BCUT2D eigenvalue weighted by atomic mass is 14.7. The molecule has 4 rings (SSSR count). The van der Waals surface area contributed by atoms with Crippen molar-refractivity contribution in [2.45, 2.75) is 27.2 Å². The largest absolute Gasteiger partial charge is 0.262 e. The molecule has 0 bridgehead atoms. The van der Waals surface area contributed by atoms with Crippen molar-refractivity contribution >= 4 is 0 Å². The Morgan fingerprint density at radius 1 is 0.643 bits per heavy atom. The molecule has 0 saturated carbocycles. The van der Waals surface area contributed by atoms with Crippen LogP contribution in [0.1, 0.15) is 28.1 Å². The van der Waals surface area contributed by atoms with E-state index in [1.54, 1.807) is 0 Å². The minimum atomic E-state index is 0.889. The summed E-state index contributed by atoms with van der Waals surface area (Å²) in [5.41, 5.74) is 10.6. The van der Waals surface area contributed by atoms with Crippen LogP contribution in [-0.2, 0) is 6.42 Å². The normalized spacial score (nSPS) is 10.8. The van der Waals surface area contributed by atoms with Gasteiger partial charge in [0.05, 0.1) is 5.69 Å². The van der Waals surface area contributed by atoms with Gasteiger partial charge in [-0.2, -0.15) is 0 Å². The zero-order chi connectivity index (χ0) is 19.5. The molecule has 138 valence electrons. The van der Waals surface area contributed by atoms with Gasteiger partial charge in [-0.1, -0.05) is 48.0 Å². The van der Waals surface area contributed by atoms with Crippen LogP contribution in [0.25, 0.3) is 22.4 Å². The third-order valence-electron chi connectivity index (χ3n) is 4.89. The molecule has 2 aromatic heterocycles. The fraction of sp³-hybridized carbons (Fsp3) is 0.154. The Kier molecular flexibility index (Phi) is 5.03. The molecule has 2 heterocycles. The van der Waals surface area contributed by atoms with E-state index in [-0.39, 0.29) is 0 Å². The first-order chi connectivity index (χ1) is 13.6.